The maximum absolute atomic E-state index is 12.9. The highest BCUT2D eigenvalue weighted by molar-refractivity contribution is 7.99. The van der Waals surface area contributed by atoms with Crippen molar-refractivity contribution in [2.75, 3.05) is 5.75 Å². The molecule has 1 aliphatic carbocycles. The molecular formula is C17H19FN2S. The first-order valence-electron chi connectivity index (χ1n) is 7.32. The molecule has 110 valence electrons. The van der Waals surface area contributed by atoms with E-state index >= 15 is 0 Å². The Morgan fingerprint density at radius 2 is 2.10 bits per heavy atom. The lowest BCUT2D eigenvalue weighted by Gasteiger charge is -2.28. The van der Waals surface area contributed by atoms with Crippen molar-refractivity contribution in [3.05, 3.63) is 59.7 Å². The number of rotatable bonds is 4. The topological polar surface area (TPSA) is 38.9 Å². The lowest BCUT2D eigenvalue weighted by atomic mass is 9.83. The van der Waals surface area contributed by atoms with Crippen molar-refractivity contribution in [2.45, 2.75) is 36.1 Å². The molecule has 3 rings (SSSR count). The number of fused-ring (bicyclic) bond motifs is 1. The van der Waals surface area contributed by atoms with Crippen LogP contribution in [-0.2, 0) is 6.42 Å². The molecule has 1 aliphatic rings. The van der Waals surface area contributed by atoms with E-state index in [2.05, 4.69) is 11.1 Å². The molecule has 2 unspecified atom stereocenters. The lowest BCUT2D eigenvalue weighted by Crippen LogP contribution is -2.33. The number of benzene rings is 1. The van der Waals surface area contributed by atoms with Gasteiger partial charge in [0, 0.05) is 34.5 Å². The Hall–Kier alpha value is -1.39. The fraction of sp³-hybridized carbons (Fsp3) is 0.353. The number of thioether (sulfide) groups is 1. The molecule has 0 spiro atoms. The monoisotopic (exact) mass is 302 g/mol. The Balaban J connectivity index is 1.66. The summed E-state index contributed by atoms with van der Waals surface area (Å²) >= 11 is 1.69. The number of halogens is 1. The fourth-order valence-electron chi connectivity index (χ4n) is 2.90. The summed E-state index contributed by atoms with van der Waals surface area (Å²) in [6.07, 6.45) is 5.25. The van der Waals surface area contributed by atoms with E-state index in [9.17, 15) is 4.39 Å². The molecule has 21 heavy (non-hydrogen) atoms. The van der Waals surface area contributed by atoms with Crippen molar-refractivity contribution in [1.82, 2.24) is 4.98 Å². The molecule has 2 nitrogen and oxygen atoms in total. The van der Waals surface area contributed by atoms with Gasteiger partial charge in [0.15, 0.2) is 0 Å². The highest BCUT2D eigenvalue weighted by atomic mass is 32.2. The maximum Gasteiger partial charge on any atom is 0.123 e. The second-order valence-corrected chi connectivity index (χ2v) is 6.57. The zero-order valence-electron chi connectivity index (χ0n) is 11.8. The molecule has 1 heterocycles. The molecule has 2 aromatic rings. The van der Waals surface area contributed by atoms with Crippen molar-refractivity contribution in [1.29, 1.82) is 0 Å². The van der Waals surface area contributed by atoms with Crippen molar-refractivity contribution >= 4 is 11.8 Å². The number of aromatic nitrogens is 1. The van der Waals surface area contributed by atoms with Crippen LogP contribution in [0.1, 0.15) is 30.0 Å². The summed E-state index contributed by atoms with van der Waals surface area (Å²) in [5, 5.41) is 0. The Morgan fingerprint density at radius 3 is 2.90 bits per heavy atom. The van der Waals surface area contributed by atoms with Gasteiger partial charge in [0.05, 0.1) is 0 Å². The van der Waals surface area contributed by atoms with Crippen LogP contribution in [0.4, 0.5) is 4.39 Å². The normalized spacial score (nSPS) is 19.0. The molecule has 0 amide bonds. The molecule has 0 bridgehead atoms. The second kappa shape index (κ2) is 6.58. The first-order valence-corrected chi connectivity index (χ1v) is 8.30. The van der Waals surface area contributed by atoms with E-state index in [-0.39, 0.29) is 11.9 Å². The van der Waals surface area contributed by atoms with Crippen molar-refractivity contribution in [2.24, 2.45) is 5.73 Å². The van der Waals surface area contributed by atoms with Crippen molar-refractivity contribution in [3.8, 4) is 0 Å². The van der Waals surface area contributed by atoms with Crippen LogP contribution >= 0.6 is 11.8 Å². The molecule has 2 N–H and O–H groups in total. The lowest BCUT2D eigenvalue weighted by molar-refractivity contribution is 0.477. The van der Waals surface area contributed by atoms with Crippen LogP contribution in [0.3, 0.4) is 0 Å². The molecule has 1 aromatic carbocycles. The van der Waals surface area contributed by atoms with Crippen molar-refractivity contribution in [3.63, 3.8) is 0 Å². The van der Waals surface area contributed by atoms with E-state index in [4.69, 9.17) is 5.73 Å². The number of hydrogen-bond donors (Lipinski definition) is 1. The van der Waals surface area contributed by atoms with Crippen LogP contribution < -0.4 is 5.73 Å². The van der Waals surface area contributed by atoms with Gasteiger partial charge in [-0.05, 0) is 55.2 Å². The summed E-state index contributed by atoms with van der Waals surface area (Å²) in [5.74, 6) is 0.962. The van der Waals surface area contributed by atoms with Crippen LogP contribution in [0.5, 0.6) is 0 Å². The molecule has 0 fully saturated rings. The minimum atomic E-state index is -0.200. The largest absolute Gasteiger partial charge is 0.326 e. The van der Waals surface area contributed by atoms with Gasteiger partial charge in [0.2, 0.25) is 0 Å². The first-order chi connectivity index (χ1) is 10.2. The molecule has 0 saturated carbocycles. The van der Waals surface area contributed by atoms with E-state index < -0.39 is 0 Å². The summed E-state index contributed by atoms with van der Waals surface area (Å²) in [5.41, 5.74) is 8.93. The second-order valence-electron chi connectivity index (χ2n) is 5.48. The van der Waals surface area contributed by atoms with E-state index in [1.807, 2.05) is 12.3 Å². The van der Waals surface area contributed by atoms with E-state index in [1.54, 1.807) is 23.9 Å². The van der Waals surface area contributed by atoms with Gasteiger partial charge in [-0.25, -0.2) is 4.39 Å². The summed E-state index contributed by atoms with van der Waals surface area (Å²) in [6, 6.07) is 10.8. The molecule has 2 atom stereocenters. The van der Waals surface area contributed by atoms with Gasteiger partial charge in [0.25, 0.3) is 0 Å². The zero-order valence-corrected chi connectivity index (χ0v) is 12.7. The van der Waals surface area contributed by atoms with Crippen LogP contribution in [0, 0.1) is 5.82 Å². The third-order valence-electron chi connectivity index (χ3n) is 4.01. The Labute approximate surface area is 129 Å². The van der Waals surface area contributed by atoms with E-state index in [0.29, 0.717) is 5.92 Å². The molecule has 4 heteroatoms. The van der Waals surface area contributed by atoms with Gasteiger partial charge >= 0.3 is 0 Å². The Morgan fingerprint density at radius 1 is 1.29 bits per heavy atom. The third kappa shape index (κ3) is 3.44. The van der Waals surface area contributed by atoms with Crippen LogP contribution in [0.15, 0.2) is 47.5 Å². The van der Waals surface area contributed by atoms with Gasteiger partial charge in [-0.1, -0.05) is 6.07 Å². The number of nitrogens with zero attached hydrogens (tertiary/aromatic N) is 1. The molecule has 0 radical (unpaired) electrons. The van der Waals surface area contributed by atoms with Gasteiger partial charge in [-0.3, -0.25) is 4.98 Å². The minimum Gasteiger partial charge on any atom is -0.326 e. The number of aryl methyl sites for hydroxylation is 1. The molecule has 1 aromatic heterocycles. The van der Waals surface area contributed by atoms with Crippen molar-refractivity contribution < 1.29 is 4.39 Å². The quantitative estimate of drug-likeness (QED) is 0.874. The summed E-state index contributed by atoms with van der Waals surface area (Å²) in [7, 11) is 0. The number of nitrogens with two attached hydrogens (primary N) is 1. The smallest absolute Gasteiger partial charge is 0.123 e. The minimum absolute atomic E-state index is 0.0778. The Bertz CT molecular complexity index is 600. The predicted octanol–water partition coefficient (Wildman–Crippen LogP) is 3.76. The van der Waals surface area contributed by atoms with Gasteiger partial charge < -0.3 is 5.73 Å². The SMILES string of the molecule is NC(CSc1ccc(F)cc1)C1CCCc2cccnc21. The third-order valence-corrected chi connectivity index (χ3v) is 5.17. The van der Waals surface area contributed by atoms with Crippen LogP contribution in [0.25, 0.3) is 0 Å². The van der Waals surface area contributed by atoms with Gasteiger partial charge in [-0.15, -0.1) is 11.8 Å². The highest BCUT2D eigenvalue weighted by Crippen LogP contribution is 2.33. The van der Waals surface area contributed by atoms with E-state index in [0.717, 1.165) is 23.5 Å². The fourth-order valence-corrected chi connectivity index (χ4v) is 3.85. The van der Waals surface area contributed by atoms with Crippen LogP contribution in [0.2, 0.25) is 0 Å². The average Bonchev–Trinajstić information content (AvgIpc) is 2.53. The number of hydrogen-bond acceptors (Lipinski definition) is 3. The van der Waals surface area contributed by atoms with E-state index in [1.165, 1.54) is 29.8 Å². The van der Waals surface area contributed by atoms with Gasteiger partial charge in [-0.2, -0.15) is 0 Å². The maximum atomic E-state index is 12.9. The predicted molar refractivity (Wildman–Crippen MR) is 85.0 cm³/mol. The molecule has 0 aliphatic heterocycles. The summed E-state index contributed by atoms with van der Waals surface area (Å²) in [4.78, 5) is 5.61. The van der Waals surface area contributed by atoms with Gasteiger partial charge in [0.1, 0.15) is 5.82 Å². The molecular weight excluding hydrogens is 283 g/mol. The Kier molecular flexibility index (Phi) is 4.56. The highest BCUT2D eigenvalue weighted by Gasteiger charge is 2.26. The standard InChI is InChI=1S/C17H19FN2S/c18-13-6-8-14(9-7-13)21-11-16(19)15-5-1-3-12-4-2-10-20-17(12)15/h2,4,6-10,15-16H,1,3,5,11,19H2. The summed E-state index contributed by atoms with van der Waals surface area (Å²) < 4.78 is 12.9. The van der Waals surface area contributed by atoms with Crippen LogP contribution in [-0.4, -0.2) is 16.8 Å². The number of pyridine rings is 1. The summed E-state index contributed by atoms with van der Waals surface area (Å²) in [6.45, 7) is 0. The first kappa shape index (κ1) is 14.5. The zero-order chi connectivity index (χ0) is 14.7. The average molecular weight is 302 g/mol. The molecule has 0 saturated heterocycles.